The number of benzene rings is 1. The molecule has 74 valence electrons. The molecule has 0 aromatic heterocycles. The van der Waals surface area contributed by atoms with E-state index in [-0.39, 0.29) is 0 Å². The van der Waals surface area contributed by atoms with Crippen molar-refractivity contribution in [1.82, 2.24) is 5.32 Å². The molecule has 3 unspecified atom stereocenters. The van der Waals surface area contributed by atoms with Crippen LogP contribution >= 0.6 is 0 Å². The molecule has 3 atom stereocenters. The second kappa shape index (κ2) is 5.03. The molecule has 0 fully saturated rings. The van der Waals surface area contributed by atoms with Crippen molar-refractivity contribution in [3.8, 4) is 0 Å². The standard InChI is InChI=1S/C13H16N.Li/c1-11(14-13-8-5-9-13)10-12-6-3-2-4-7-12;/h2-9,11,13-14H,10H2,1H3;. The van der Waals surface area contributed by atoms with Crippen LogP contribution in [0.2, 0.25) is 4.59 Å². The summed E-state index contributed by atoms with van der Waals surface area (Å²) < 4.78 is 0.697. The van der Waals surface area contributed by atoms with Gasteiger partial charge in [-0.05, 0) is 0 Å². The van der Waals surface area contributed by atoms with Gasteiger partial charge in [0.1, 0.15) is 0 Å². The van der Waals surface area contributed by atoms with E-state index in [0.29, 0.717) is 16.7 Å². The molecule has 1 aliphatic carbocycles. The minimum atomic E-state index is 0.546. The van der Waals surface area contributed by atoms with E-state index in [4.69, 9.17) is 0 Å². The Morgan fingerprint density at radius 1 is 1.27 bits per heavy atom. The molecule has 0 aliphatic heterocycles. The Morgan fingerprint density at radius 3 is 2.53 bits per heavy atom. The number of nitrogens with one attached hydrogen (secondary N) is 1. The Kier molecular flexibility index (Phi) is 3.70. The fourth-order valence-corrected chi connectivity index (χ4v) is 2.01. The third-order valence-corrected chi connectivity index (χ3v) is 3.05. The summed E-state index contributed by atoms with van der Waals surface area (Å²) in [5, 5.41) is 3.63. The van der Waals surface area contributed by atoms with E-state index in [2.05, 4.69) is 72.4 Å². The van der Waals surface area contributed by atoms with Gasteiger partial charge in [0.25, 0.3) is 0 Å². The molecule has 1 N–H and O–H groups in total. The van der Waals surface area contributed by atoms with Crippen molar-refractivity contribution in [2.45, 2.75) is 30.0 Å². The fraction of sp³-hybridized carbons (Fsp3) is 0.385. The first-order chi connectivity index (χ1) is 7.25. The Morgan fingerprint density at radius 2 is 2.00 bits per heavy atom. The molecule has 0 saturated heterocycles. The average molecular weight is 193 g/mol. The van der Waals surface area contributed by atoms with E-state index in [1.165, 1.54) is 5.56 Å². The van der Waals surface area contributed by atoms with Gasteiger partial charge in [-0.2, -0.15) is 0 Å². The quantitative estimate of drug-likeness (QED) is 0.570. The number of hydrogen-bond acceptors (Lipinski definition) is 1. The summed E-state index contributed by atoms with van der Waals surface area (Å²) in [6.45, 7) is 2.26. The van der Waals surface area contributed by atoms with E-state index in [1.54, 1.807) is 0 Å². The third kappa shape index (κ3) is 2.98. The first kappa shape index (κ1) is 11.0. The van der Waals surface area contributed by atoms with Crippen LogP contribution in [0.4, 0.5) is 0 Å². The molecule has 0 bridgehead atoms. The van der Waals surface area contributed by atoms with Crippen LogP contribution in [-0.2, 0) is 6.42 Å². The first-order valence-corrected chi connectivity index (χ1v) is 5.74. The van der Waals surface area contributed by atoms with Crippen LogP contribution in [0.15, 0.2) is 42.5 Å². The van der Waals surface area contributed by atoms with Gasteiger partial charge >= 0.3 is 101 Å². The van der Waals surface area contributed by atoms with Gasteiger partial charge in [0.2, 0.25) is 0 Å². The number of rotatable bonds is 4. The van der Waals surface area contributed by atoms with Crippen LogP contribution in [0.25, 0.3) is 0 Å². The first-order valence-electron chi connectivity index (χ1n) is 5.74. The molecule has 0 saturated carbocycles. The van der Waals surface area contributed by atoms with Crippen LogP contribution in [0, 0.1) is 0 Å². The van der Waals surface area contributed by atoms with E-state index < -0.39 is 0 Å². The molecular weight excluding hydrogens is 177 g/mol. The zero-order valence-electron chi connectivity index (χ0n) is 9.48. The van der Waals surface area contributed by atoms with Crippen molar-refractivity contribution in [2.24, 2.45) is 0 Å². The Labute approximate surface area is 101 Å². The Balaban J connectivity index is 1.82. The normalized spacial score (nSPS) is 26.1. The molecule has 0 heterocycles. The van der Waals surface area contributed by atoms with Crippen molar-refractivity contribution in [2.75, 3.05) is 0 Å². The molecule has 15 heavy (non-hydrogen) atoms. The second-order valence-electron chi connectivity index (χ2n) is 4.53. The maximum absolute atomic E-state index is 3.63. The van der Waals surface area contributed by atoms with Crippen LogP contribution < -0.4 is 5.32 Å². The van der Waals surface area contributed by atoms with Crippen LogP contribution in [-0.4, -0.2) is 29.8 Å². The summed E-state index contributed by atoms with van der Waals surface area (Å²) in [5.74, 6) is 0. The van der Waals surface area contributed by atoms with Crippen LogP contribution in [0.1, 0.15) is 12.5 Å². The van der Waals surface area contributed by atoms with Gasteiger partial charge in [0.05, 0.1) is 0 Å². The Bertz CT molecular complexity index is 334. The zero-order chi connectivity index (χ0) is 10.7. The minimum absolute atomic E-state index is 0.546. The van der Waals surface area contributed by atoms with Gasteiger partial charge in [-0.1, -0.05) is 0 Å². The molecule has 1 nitrogen and oxygen atoms in total. The fourth-order valence-electron chi connectivity index (χ4n) is 2.01. The van der Waals surface area contributed by atoms with Gasteiger partial charge in [0, 0.05) is 0 Å². The summed E-state index contributed by atoms with van der Waals surface area (Å²) >= 11 is 2.26. The monoisotopic (exact) mass is 193 g/mol. The van der Waals surface area contributed by atoms with Crippen LogP contribution in [0.5, 0.6) is 0 Å². The van der Waals surface area contributed by atoms with Crippen molar-refractivity contribution in [3.63, 3.8) is 0 Å². The molecule has 2 heteroatoms. The van der Waals surface area contributed by atoms with Gasteiger partial charge in [0.15, 0.2) is 0 Å². The summed E-state index contributed by atoms with van der Waals surface area (Å²) in [6, 6.07) is 11.8. The van der Waals surface area contributed by atoms with Gasteiger partial charge in [-0.15, -0.1) is 0 Å². The summed E-state index contributed by atoms with van der Waals surface area (Å²) in [4.78, 5) is 0. The van der Waals surface area contributed by atoms with Crippen molar-refractivity contribution < 1.29 is 0 Å². The van der Waals surface area contributed by atoms with Crippen molar-refractivity contribution >= 4 is 17.7 Å². The summed E-state index contributed by atoms with van der Waals surface area (Å²) in [7, 11) is 0. The third-order valence-electron chi connectivity index (χ3n) is 3.05. The molecule has 0 radical (unpaired) electrons. The predicted octanol–water partition coefficient (Wildman–Crippen LogP) is 2.10. The molecule has 0 amide bonds. The molecule has 1 aliphatic rings. The molecule has 0 spiro atoms. The molecular formula is C13H16LiN. The topological polar surface area (TPSA) is 12.0 Å². The van der Waals surface area contributed by atoms with E-state index in [9.17, 15) is 0 Å². The number of hydrogen-bond donors (Lipinski definition) is 1. The van der Waals surface area contributed by atoms with E-state index in [1.807, 2.05) is 0 Å². The summed E-state index contributed by atoms with van der Waals surface area (Å²) in [6.07, 6.45) is 5.62. The molecule has 2 rings (SSSR count). The molecule has 1 aromatic carbocycles. The predicted molar refractivity (Wildman–Crippen MR) is 65.2 cm³/mol. The Hall–Kier alpha value is -0.483. The van der Waals surface area contributed by atoms with Crippen LogP contribution in [0.3, 0.4) is 0 Å². The second-order valence-corrected chi connectivity index (χ2v) is 4.53. The zero-order valence-corrected chi connectivity index (χ0v) is 9.48. The summed E-state index contributed by atoms with van der Waals surface area (Å²) in [5.41, 5.74) is 1.41. The van der Waals surface area contributed by atoms with Gasteiger partial charge in [-0.25, -0.2) is 0 Å². The van der Waals surface area contributed by atoms with Gasteiger partial charge < -0.3 is 0 Å². The average Bonchev–Trinajstić information content (AvgIpc) is 2.25. The maximum atomic E-state index is 3.63. The van der Waals surface area contributed by atoms with Crippen molar-refractivity contribution in [1.29, 1.82) is 0 Å². The van der Waals surface area contributed by atoms with Gasteiger partial charge in [-0.3, -0.25) is 0 Å². The van der Waals surface area contributed by atoms with Crippen molar-refractivity contribution in [3.05, 3.63) is 48.0 Å². The van der Waals surface area contributed by atoms with E-state index >= 15 is 0 Å². The molecule has 1 aromatic rings. The SMILES string of the molecule is [Li][CH]1C=CC1NC(C)Cc1ccccc1. The van der Waals surface area contributed by atoms with E-state index in [0.717, 1.165) is 6.42 Å².